The SMILES string of the molecule is CC(NC(=O)C1CNCCO1)c1ccc(F)cc1F. The van der Waals surface area contributed by atoms with Gasteiger partial charge in [-0.05, 0) is 13.0 Å². The first-order valence-corrected chi connectivity index (χ1v) is 6.15. The molecule has 6 heteroatoms. The third-order valence-electron chi connectivity index (χ3n) is 3.01. The average Bonchev–Trinajstić information content (AvgIpc) is 2.39. The Morgan fingerprint density at radius 2 is 2.32 bits per heavy atom. The lowest BCUT2D eigenvalue weighted by molar-refractivity contribution is -0.134. The lowest BCUT2D eigenvalue weighted by Gasteiger charge is -2.24. The number of hydrogen-bond donors (Lipinski definition) is 2. The van der Waals surface area contributed by atoms with E-state index < -0.39 is 23.8 Å². The molecule has 19 heavy (non-hydrogen) atoms. The summed E-state index contributed by atoms with van der Waals surface area (Å²) in [7, 11) is 0. The van der Waals surface area contributed by atoms with Gasteiger partial charge in [-0.2, -0.15) is 0 Å². The molecule has 2 atom stereocenters. The summed E-state index contributed by atoms with van der Waals surface area (Å²) in [6.45, 7) is 3.26. The second-order valence-corrected chi connectivity index (χ2v) is 4.46. The van der Waals surface area contributed by atoms with E-state index in [9.17, 15) is 13.6 Å². The van der Waals surface area contributed by atoms with Crippen molar-refractivity contribution in [1.82, 2.24) is 10.6 Å². The number of benzene rings is 1. The highest BCUT2D eigenvalue weighted by Crippen LogP contribution is 2.18. The first-order valence-electron chi connectivity index (χ1n) is 6.15. The van der Waals surface area contributed by atoms with Crippen LogP contribution < -0.4 is 10.6 Å². The van der Waals surface area contributed by atoms with Crippen LogP contribution in [0, 0.1) is 11.6 Å². The molecule has 1 aromatic carbocycles. The fraction of sp³-hybridized carbons (Fsp3) is 0.462. The second-order valence-electron chi connectivity index (χ2n) is 4.46. The van der Waals surface area contributed by atoms with Gasteiger partial charge in [-0.3, -0.25) is 4.79 Å². The van der Waals surface area contributed by atoms with Crippen molar-refractivity contribution in [2.45, 2.75) is 19.1 Å². The number of amides is 1. The smallest absolute Gasteiger partial charge is 0.250 e. The Labute approximate surface area is 110 Å². The molecule has 0 aliphatic carbocycles. The van der Waals surface area contributed by atoms with Gasteiger partial charge in [-0.1, -0.05) is 6.07 Å². The Hall–Kier alpha value is -1.53. The molecule has 1 aromatic rings. The van der Waals surface area contributed by atoms with Crippen LogP contribution in [-0.2, 0) is 9.53 Å². The molecule has 2 rings (SSSR count). The Morgan fingerprint density at radius 3 is 2.95 bits per heavy atom. The number of carbonyl (C=O) groups excluding carboxylic acids is 1. The number of nitrogens with one attached hydrogen (secondary N) is 2. The van der Waals surface area contributed by atoms with Crippen molar-refractivity contribution in [3.8, 4) is 0 Å². The zero-order valence-electron chi connectivity index (χ0n) is 10.6. The van der Waals surface area contributed by atoms with E-state index in [-0.39, 0.29) is 11.5 Å². The van der Waals surface area contributed by atoms with Crippen molar-refractivity contribution in [3.05, 3.63) is 35.4 Å². The highest BCUT2D eigenvalue weighted by Gasteiger charge is 2.24. The van der Waals surface area contributed by atoms with E-state index in [1.807, 2.05) is 0 Å². The second kappa shape index (κ2) is 6.08. The number of ether oxygens (including phenoxy) is 1. The minimum atomic E-state index is -0.671. The Balaban J connectivity index is 1.99. The molecule has 0 aromatic heterocycles. The number of morpholine rings is 1. The molecule has 1 amide bonds. The summed E-state index contributed by atoms with van der Waals surface area (Å²) in [5, 5.41) is 5.70. The van der Waals surface area contributed by atoms with E-state index in [1.54, 1.807) is 6.92 Å². The maximum atomic E-state index is 13.6. The Bertz CT molecular complexity index is 462. The molecule has 1 aliphatic heterocycles. The Kier molecular flexibility index (Phi) is 4.44. The predicted octanol–water partition coefficient (Wildman–Crippen LogP) is 1.13. The van der Waals surface area contributed by atoms with Crippen molar-refractivity contribution in [2.75, 3.05) is 19.7 Å². The van der Waals surface area contributed by atoms with E-state index in [2.05, 4.69) is 10.6 Å². The zero-order chi connectivity index (χ0) is 13.8. The fourth-order valence-electron chi connectivity index (χ4n) is 1.97. The van der Waals surface area contributed by atoms with E-state index in [0.29, 0.717) is 19.7 Å². The van der Waals surface area contributed by atoms with Crippen LogP contribution in [0.2, 0.25) is 0 Å². The number of rotatable bonds is 3. The molecule has 0 radical (unpaired) electrons. The molecule has 1 heterocycles. The van der Waals surface area contributed by atoms with E-state index in [4.69, 9.17) is 4.74 Å². The highest BCUT2D eigenvalue weighted by atomic mass is 19.1. The molecular formula is C13H16F2N2O2. The van der Waals surface area contributed by atoms with Crippen LogP contribution in [0.15, 0.2) is 18.2 Å². The summed E-state index contributed by atoms with van der Waals surface area (Å²) in [5.74, 6) is -1.61. The predicted molar refractivity (Wildman–Crippen MR) is 65.5 cm³/mol. The molecule has 0 bridgehead atoms. The van der Waals surface area contributed by atoms with Crippen LogP contribution >= 0.6 is 0 Å². The minimum Gasteiger partial charge on any atom is -0.366 e. The van der Waals surface area contributed by atoms with Crippen LogP contribution in [0.5, 0.6) is 0 Å². The molecule has 1 aliphatic rings. The van der Waals surface area contributed by atoms with E-state index in [0.717, 1.165) is 6.07 Å². The van der Waals surface area contributed by atoms with Gasteiger partial charge in [0.15, 0.2) is 0 Å². The Morgan fingerprint density at radius 1 is 1.53 bits per heavy atom. The van der Waals surface area contributed by atoms with Crippen molar-refractivity contribution in [2.24, 2.45) is 0 Å². The van der Waals surface area contributed by atoms with Gasteiger partial charge in [-0.15, -0.1) is 0 Å². The van der Waals surface area contributed by atoms with E-state index in [1.165, 1.54) is 12.1 Å². The fourth-order valence-corrected chi connectivity index (χ4v) is 1.97. The highest BCUT2D eigenvalue weighted by molar-refractivity contribution is 5.81. The molecule has 2 unspecified atom stereocenters. The van der Waals surface area contributed by atoms with E-state index >= 15 is 0 Å². The molecule has 0 saturated carbocycles. The van der Waals surface area contributed by atoms with Gasteiger partial charge in [0.25, 0.3) is 5.91 Å². The first-order chi connectivity index (χ1) is 9.08. The summed E-state index contributed by atoms with van der Waals surface area (Å²) in [6, 6.07) is 2.75. The first kappa shape index (κ1) is 13.9. The zero-order valence-corrected chi connectivity index (χ0v) is 10.6. The molecule has 4 nitrogen and oxygen atoms in total. The van der Waals surface area contributed by atoms with Crippen LogP contribution in [0.25, 0.3) is 0 Å². The number of halogens is 2. The summed E-state index contributed by atoms with van der Waals surface area (Å²) in [5.41, 5.74) is 0.249. The number of hydrogen-bond acceptors (Lipinski definition) is 3. The topological polar surface area (TPSA) is 50.4 Å². The molecule has 0 spiro atoms. The number of carbonyl (C=O) groups is 1. The van der Waals surface area contributed by atoms with Gasteiger partial charge in [0, 0.05) is 24.7 Å². The third-order valence-corrected chi connectivity index (χ3v) is 3.01. The van der Waals surface area contributed by atoms with Gasteiger partial charge in [0.05, 0.1) is 12.6 Å². The van der Waals surface area contributed by atoms with Crippen molar-refractivity contribution < 1.29 is 18.3 Å². The molecule has 1 saturated heterocycles. The van der Waals surface area contributed by atoms with Gasteiger partial charge in [0.2, 0.25) is 0 Å². The maximum Gasteiger partial charge on any atom is 0.250 e. The van der Waals surface area contributed by atoms with Crippen molar-refractivity contribution in [1.29, 1.82) is 0 Å². The molecule has 2 N–H and O–H groups in total. The van der Waals surface area contributed by atoms with Gasteiger partial charge >= 0.3 is 0 Å². The lowest BCUT2D eigenvalue weighted by Crippen LogP contribution is -2.48. The van der Waals surface area contributed by atoms with Crippen LogP contribution in [0.4, 0.5) is 8.78 Å². The summed E-state index contributed by atoms with van der Waals surface area (Å²) in [6.07, 6.45) is -0.570. The van der Waals surface area contributed by atoms with Crippen LogP contribution in [0.3, 0.4) is 0 Å². The van der Waals surface area contributed by atoms with Gasteiger partial charge in [0.1, 0.15) is 17.7 Å². The minimum absolute atomic E-state index is 0.249. The molecular weight excluding hydrogens is 254 g/mol. The third kappa shape index (κ3) is 3.48. The van der Waals surface area contributed by atoms with Crippen LogP contribution in [-0.4, -0.2) is 31.7 Å². The maximum absolute atomic E-state index is 13.6. The molecule has 1 fully saturated rings. The monoisotopic (exact) mass is 270 g/mol. The van der Waals surface area contributed by atoms with Crippen molar-refractivity contribution in [3.63, 3.8) is 0 Å². The van der Waals surface area contributed by atoms with Gasteiger partial charge in [-0.25, -0.2) is 8.78 Å². The van der Waals surface area contributed by atoms with Gasteiger partial charge < -0.3 is 15.4 Å². The molecule has 104 valence electrons. The normalized spacial score (nSPS) is 20.9. The van der Waals surface area contributed by atoms with Crippen LogP contribution in [0.1, 0.15) is 18.5 Å². The summed E-state index contributed by atoms with van der Waals surface area (Å²) < 4.78 is 31.7. The standard InChI is InChI=1S/C13H16F2N2O2/c1-8(10-3-2-9(14)6-11(10)15)17-13(18)12-7-16-4-5-19-12/h2-3,6,8,12,16H,4-5,7H2,1H3,(H,17,18). The van der Waals surface area contributed by atoms with Crippen molar-refractivity contribution >= 4 is 5.91 Å². The summed E-state index contributed by atoms with van der Waals surface area (Å²) in [4.78, 5) is 11.9. The average molecular weight is 270 g/mol. The largest absolute Gasteiger partial charge is 0.366 e. The summed E-state index contributed by atoms with van der Waals surface area (Å²) >= 11 is 0. The quantitative estimate of drug-likeness (QED) is 0.865. The lowest BCUT2D eigenvalue weighted by atomic mass is 10.1.